The van der Waals surface area contributed by atoms with Crippen molar-refractivity contribution in [2.75, 3.05) is 12.4 Å². The van der Waals surface area contributed by atoms with Gasteiger partial charge in [0.1, 0.15) is 0 Å². The molecular weight excluding hydrogens is 242 g/mol. The maximum atomic E-state index is 11.5. The summed E-state index contributed by atoms with van der Waals surface area (Å²) in [6.07, 6.45) is 0. The summed E-state index contributed by atoms with van der Waals surface area (Å²) in [6.45, 7) is 1.57. The van der Waals surface area contributed by atoms with Crippen molar-refractivity contribution >= 4 is 29.1 Å². The van der Waals surface area contributed by atoms with Gasteiger partial charge in [0.25, 0.3) is 5.91 Å². The van der Waals surface area contributed by atoms with Crippen LogP contribution in [0.25, 0.3) is 0 Å². The summed E-state index contributed by atoms with van der Waals surface area (Å²) in [4.78, 5) is 22.9. The Morgan fingerprint density at radius 3 is 2.59 bits per heavy atom. The number of hydrogen-bond acceptors (Lipinski definition) is 3. The van der Waals surface area contributed by atoms with Crippen LogP contribution in [0.2, 0.25) is 5.02 Å². The van der Waals surface area contributed by atoms with Crippen molar-refractivity contribution in [3.8, 4) is 0 Å². The highest BCUT2D eigenvalue weighted by atomic mass is 35.5. The van der Waals surface area contributed by atoms with E-state index in [0.717, 1.165) is 0 Å². The summed E-state index contributed by atoms with van der Waals surface area (Å²) >= 11 is 5.87. The first-order valence-corrected chi connectivity index (χ1v) is 5.41. The number of rotatable bonds is 3. The zero-order valence-corrected chi connectivity index (χ0v) is 10.3. The number of carbonyl (C=O) groups excluding carboxylic acids is 2. The molecule has 0 unspecified atom stereocenters. The average molecular weight is 256 g/mol. The van der Waals surface area contributed by atoms with Crippen LogP contribution in [-0.2, 0) is 4.79 Å². The van der Waals surface area contributed by atoms with E-state index in [1.165, 1.54) is 13.1 Å². The van der Waals surface area contributed by atoms with Crippen molar-refractivity contribution in [2.45, 2.75) is 13.0 Å². The topological polar surface area (TPSA) is 84.2 Å². The Morgan fingerprint density at radius 1 is 1.41 bits per heavy atom. The quantitative estimate of drug-likeness (QED) is 0.753. The van der Waals surface area contributed by atoms with E-state index in [1.54, 1.807) is 19.1 Å². The predicted octanol–water partition coefficient (Wildman–Crippen LogP) is 0.985. The third-order valence-electron chi connectivity index (χ3n) is 2.12. The van der Waals surface area contributed by atoms with Crippen molar-refractivity contribution in [3.05, 3.63) is 28.8 Å². The number of nitrogens with two attached hydrogens (primary N) is 1. The van der Waals surface area contributed by atoms with Crippen LogP contribution in [0, 0.1) is 0 Å². The fourth-order valence-electron chi connectivity index (χ4n) is 1.17. The smallest absolute Gasteiger partial charge is 0.252 e. The van der Waals surface area contributed by atoms with Crippen molar-refractivity contribution in [2.24, 2.45) is 5.73 Å². The van der Waals surface area contributed by atoms with Gasteiger partial charge >= 0.3 is 0 Å². The second-order valence-corrected chi connectivity index (χ2v) is 3.96. The molecule has 17 heavy (non-hydrogen) atoms. The van der Waals surface area contributed by atoms with E-state index in [1.807, 2.05) is 0 Å². The van der Waals surface area contributed by atoms with Gasteiger partial charge in [0.2, 0.25) is 5.91 Å². The Balaban J connectivity index is 2.97. The molecule has 0 heterocycles. The molecule has 0 saturated carbocycles. The Kier molecular flexibility index (Phi) is 4.48. The van der Waals surface area contributed by atoms with Gasteiger partial charge in [0, 0.05) is 12.7 Å². The molecule has 0 saturated heterocycles. The van der Waals surface area contributed by atoms with Gasteiger partial charge in [0.15, 0.2) is 0 Å². The maximum Gasteiger partial charge on any atom is 0.252 e. The van der Waals surface area contributed by atoms with E-state index in [9.17, 15) is 9.59 Å². The third-order valence-corrected chi connectivity index (χ3v) is 2.45. The number of anilines is 1. The van der Waals surface area contributed by atoms with Crippen LogP contribution in [0.3, 0.4) is 0 Å². The van der Waals surface area contributed by atoms with Crippen LogP contribution in [-0.4, -0.2) is 24.9 Å². The molecule has 92 valence electrons. The van der Waals surface area contributed by atoms with Crippen LogP contribution in [0.4, 0.5) is 5.69 Å². The lowest BCUT2D eigenvalue weighted by atomic mass is 10.2. The molecule has 5 nitrogen and oxygen atoms in total. The molecule has 1 aromatic carbocycles. The van der Waals surface area contributed by atoms with Gasteiger partial charge in [-0.25, -0.2) is 0 Å². The van der Waals surface area contributed by atoms with Gasteiger partial charge in [-0.2, -0.15) is 0 Å². The van der Waals surface area contributed by atoms with E-state index in [4.69, 9.17) is 17.3 Å². The monoisotopic (exact) mass is 255 g/mol. The minimum Gasteiger partial charge on any atom is -0.355 e. The molecule has 6 heteroatoms. The van der Waals surface area contributed by atoms with Gasteiger partial charge in [-0.05, 0) is 25.1 Å². The fraction of sp³-hybridized carbons (Fsp3) is 0.273. The number of nitrogens with one attached hydrogen (secondary N) is 2. The van der Waals surface area contributed by atoms with Gasteiger partial charge in [0.05, 0.1) is 16.6 Å². The molecule has 0 bridgehead atoms. The van der Waals surface area contributed by atoms with Crippen molar-refractivity contribution in [1.29, 1.82) is 0 Å². The van der Waals surface area contributed by atoms with Crippen LogP contribution in [0.1, 0.15) is 17.3 Å². The summed E-state index contributed by atoms with van der Waals surface area (Å²) in [6, 6.07) is 4.04. The maximum absolute atomic E-state index is 11.5. The minimum atomic E-state index is -0.617. The first-order valence-electron chi connectivity index (χ1n) is 5.03. The van der Waals surface area contributed by atoms with Gasteiger partial charge < -0.3 is 16.4 Å². The lowest BCUT2D eigenvalue weighted by Crippen LogP contribution is -2.32. The standard InChI is InChI=1S/C11H14ClN3O2/c1-6(13)10(16)15-7-3-4-9(12)8(5-7)11(17)14-2/h3-6H,13H2,1-2H3,(H,14,17)(H,15,16)/t6-/m1/s1. The number of halogens is 1. The molecule has 1 atom stereocenters. The average Bonchev–Trinajstić information content (AvgIpc) is 2.30. The van der Waals surface area contributed by atoms with E-state index < -0.39 is 6.04 Å². The Morgan fingerprint density at radius 2 is 2.06 bits per heavy atom. The molecule has 1 aromatic rings. The van der Waals surface area contributed by atoms with Crippen molar-refractivity contribution < 1.29 is 9.59 Å². The van der Waals surface area contributed by atoms with Crippen LogP contribution in [0.5, 0.6) is 0 Å². The van der Waals surface area contributed by atoms with Gasteiger partial charge in [-0.1, -0.05) is 11.6 Å². The normalized spacial score (nSPS) is 11.8. The first kappa shape index (κ1) is 13.5. The molecule has 2 amide bonds. The molecule has 0 spiro atoms. The molecule has 0 aliphatic rings. The molecule has 1 rings (SSSR count). The molecular formula is C11H14ClN3O2. The number of carbonyl (C=O) groups is 2. The van der Waals surface area contributed by atoms with Crippen LogP contribution < -0.4 is 16.4 Å². The van der Waals surface area contributed by atoms with Crippen molar-refractivity contribution in [3.63, 3.8) is 0 Å². The highest BCUT2D eigenvalue weighted by molar-refractivity contribution is 6.34. The van der Waals surface area contributed by atoms with E-state index in [-0.39, 0.29) is 11.8 Å². The van der Waals surface area contributed by atoms with Crippen molar-refractivity contribution in [1.82, 2.24) is 5.32 Å². The van der Waals surface area contributed by atoms with Crippen LogP contribution >= 0.6 is 11.6 Å². The lowest BCUT2D eigenvalue weighted by molar-refractivity contribution is -0.117. The Labute approximate surface area is 104 Å². The number of amides is 2. The molecule has 4 N–H and O–H groups in total. The number of benzene rings is 1. The Bertz CT molecular complexity index is 446. The Hall–Kier alpha value is -1.59. The lowest BCUT2D eigenvalue weighted by Gasteiger charge is -2.10. The third kappa shape index (κ3) is 3.44. The summed E-state index contributed by atoms with van der Waals surface area (Å²) in [7, 11) is 1.51. The predicted molar refractivity (Wildman–Crippen MR) is 67.1 cm³/mol. The number of hydrogen-bond donors (Lipinski definition) is 3. The summed E-state index contributed by atoms with van der Waals surface area (Å²) in [5.41, 5.74) is 6.20. The van der Waals surface area contributed by atoms with Gasteiger partial charge in [-0.15, -0.1) is 0 Å². The zero-order chi connectivity index (χ0) is 13.0. The molecule has 0 fully saturated rings. The van der Waals surface area contributed by atoms with Crippen LogP contribution in [0.15, 0.2) is 18.2 Å². The second-order valence-electron chi connectivity index (χ2n) is 3.55. The fourth-order valence-corrected chi connectivity index (χ4v) is 1.37. The largest absolute Gasteiger partial charge is 0.355 e. The van der Waals surface area contributed by atoms with E-state index in [0.29, 0.717) is 16.3 Å². The zero-order valence-electron chi connectivity index (χ0n) is 9.58. The minimum absolute atomic E-state index is 0.302. The highest BCUT2D eigenvalue weighted by Gasteiger charge is 2.12. The highest BCUT2D eigenvalue weighted by Crippen LogP contribution is 2.20. The molecule has 0 aromatic heterocycles. The summed E-state index contributed by atoms with van der Waals surface area (Å²) < 4.78 is 0. The summed E-state index contributed by atoms with van der Waals surface area (Å²) in [5, 5.41) is 5.37. The van der Waals surface area contributed by atoms with Gasteiger partial charge in [-0.3, -0.25) is 9.59 Å². The molecule has 0 aliphatic heterocycles. The molecule has 0 aliphatic carbocycles. The first-order chi connectivity index (χ1) is 7.95. The SMILES string of the molecule is CNC(=O)c1cc(NC(=O)[C@@H](C)N)ccc1Cl. The summed E-state index contributed by atoms with van der Waals surface area (Å²) in [5.74, 6) is -0.637. The van der Waals surface area contributed by atoms with E-state index in [2.05, 4.69) is 10.6 Å². The molecule has 0 radical (unpaired) electrons. The van der Waals surface area contributed by atoms with E-state index >= 15 is 0 Å². The second kappa shape index (κ2) is 5.65.